The number of rotatable bonds is 3. The van der Waals surface area contributed by atoms with Crippen LogP contribution in [0.3, 0.4) is 0 Å². The Labute approximate surface area is 190 Å². The number of carbonyl (C=O) groups is 2. The van der Waals surface area contributed by atoms with Crippen LogP contribution in [-0.4, -0.2) is 52.0 Å². The van der Waals surface area contributed by atoms with Gasteiger partial charge in [0.1, 0.15) is 23.2 Å². The van der Waals surface area contributed by atoms with Gasteiger partial charge in [0.25, 0.3) is 5.91 Å². The predicted molar refractivity (Wildman–Crippen MR) is 118 cm³/mol. The van der Waals surface area contributed by atoms with Gasteiger partial charge in [-0.3, -0.25) is 14.5 Å². The zero-order valence-corrected chi connectivity index (χ0v) is 18.5. The van der Waals surface area contributed by atoms with Crippen LogP contribution in [0.2, 0.25) is 0 Å². The average Bonchev–Trinajstić information content (AvgIpc) is 3.32. The molecule has 1 fully saturated rings. The first-order valence-corrected chi connectivity index (χ1v) is 11.1. The predicted octanol–water partition coefficient (Wildman–Crippen LogP) is 3.51. The third-order valence-corrected chi connectivity index (χ3v) is 6.42. The van der Waals surface area contributed by atoms with E-state index < -0.39 is 0 Å². The number of piperidine rings is 1. The molecule has 1 saturated heterocycles. The van der Waals surface area contributed by atoms with Crippen molar-refractivity contribution in [3.05, 3.63) is 59.0 Å². The second kappa shape index (κ2) is 8.38. The van der Waals surface area contributed by atoms with Gasteiger partial charge in [-0.1, -0.05) is 5.16 Å². The summed E-state index contributed by atoms with van der Waals surface area (Å²) < 4.78 is 18.5. The Morgan fingerprint density at radius 3 is 2.76 bits per heavy atom. The molecule has 2 aromatic heterocycles. The van der Waals surface area contributed by atoms with Crippen molar-refractivity contribution in [1.29, 1.82) is 0 Å². The second-order valence-electron chi connectivity index (χ2n) is 8.60. The Bertz CT molecular complexity index is 1220. The molecule has 9 heteroatoms. The molecule has 0 bridgehead atoms. The quantitative estimate of drug-likeness (QED) is 0.608. The topological polar surface area (TPSA) is 92.4 Å². The Kier molecular flexibility index (Phi) is 5.39. The third-order valence-electron chi connectivity index (χ3n) is 6.42. The van der Waals surface area contributed by atoms with Crippen LogP contribution in [0.15, 0.2) is 34.9 Å². The maximum Gasteiger partial charge on any atom is 0.292 e. The van der Waals surface area contributed by atoms with Crippen LogP contribution in [0.5, 0.6) is 0 Å². The molecule has 2 aliphatic rings. The van der Waals surface area contributed by atoms with Crippen molar-refractivity contribution in [2.75, 3.05) is 25.0 Å². The summed E-state index contributed by atoms with van der Waals surface area (Å²) in [6.45, 7) is 3.01. The highest BCUT2D eigenvalue weighted by molar-refractivity contribution is 5.95. The number of aromatic nitrogens is 3. The lowest BCUT2D eigenvalue weighted by Crippen LogP contribution is -2.40. The smallest absolute Gasteiger partial charge is 0.292 e. The summed E-state index contributed by atoms with van der Waals surface area (Å²) in [6.07, 6.45) is 2.79. The van der Waals surface area contributed by atoms with E-state index in [0.29, 0.717) is 48.8 Å². The lowest BCUT2D eigenvalue weighted by atomic mass is 9.95. The first-order valence-electron chi connectivity index (χ1n) is 11.1. The number of nitrogens with zero attached hydrogens (tertiary/aromatic N) is 5. The number of likely N-dealkylation sites (tertiary alicyclic amines) is 1. The van der Waals surface area contributed by atoms with Gasteiger partial charge in [-0.2, -0.15) is 0 Å². The number of anilines is 1. The monoisotopic (exact) mass is 449 g/mol. The number of hydrogen-bond acceptors (Lipinski definition) is 6. The number of carbonyl (C=O) groups excluding carboxylic acids is 2. The van der Waals surface area contributed by atoms with Gasteiger partial charge < -0.3 is 9.42 Å². The number of amides is 2. The van der Waals surface area contributed by atoms with Gasteiger partial charge in [0.2, 0.25) is 11.7 Å². The van der Waals surface area contributed by atoms with Gasteiger partial charge in [-0.05, 0) is 50.5 Å². The number of fused-ring (bicyclic) bond motifs is 1. The summed E-state index contributed by atoms with van der Waals surface area (Å²) in [6, 6.07) is 7.45. The molecule has 3 aromatic rings. The molecule has 0 radical (unpaired) electrons. The molecule has 5 rings (SSSR count). The van der Waals surface area contributed by atoms with E-state index in [1.165, 1.54) is 12.1 Å². The van der Waals surface area contributed by atoms with E-state index in [1.807, 2.05) is 6.92 Å². The molecule has 33 heavy (non-hydrogen) atoms. The molecule has 1 atom stereocenters. The second-order valence-corrected chi connectivity index (χ2v) is 8.60. The van der Waals surface area contributed by atoms with Crippen LogP contribution >= 0.6 is 0 Å². The molecule has 2 amide bonds. The lowest BCUT2D eigenvalue weighted by molar-refractivity contribution is -0.118. The van der Waals surface area contributed by atoms with E-state index in [-0.39, 0.29) is 29.3 Å². The molecule has 0 N–H and O–H groups in total. The minimum Gasteiger partial charge on any atom is -0.350 e. The average molecular weight is 449 g/mol. The molecule has 2 aliphatic heterocycles. The van der Waals surface area contributed by atoms with Crippen LogP contribution in [0.1, 0.15) is 52.8 Å². The molecule has 0 saturated carbocycles. The number of aryl methyl sites for hydroxylation is 1. The molecule has 0 spiro atoms. The van der Waals surface area contributed by atoms with Crippen molar-refractivity contribution in [1.82, 2.24) is 20.0 Å². The summed E-state index contributed by atoms with van der Waals surface area (Å²) in [5.41, 5.74) is 3.05. The molecule has 170 valence electrons. The van der Waals surface area contributed by atoms with E-state index in [0.717, 1.165) is 24.1 Å². The first kappa shape index (κ1) is 21.2. The maximum atomic E-state index is 13.2. The highest BCUT2D eigenvalue weighted by atomic mass is 19.1. The molecule has 8 nitrogen and oxygen atoms in total. The van der Waals surface area contributed by atoms with Crippen molar-refractivity contribution in [2.45, 2.75) is 38.5 Å². The van der Waals surface area contributed by atoms with Crippen LogP contribution in [0.25, 0.3) is 11.3 Å². The minimum atomic E-state index is -0.340. The minimum absolute atomic E-state index is 0.0309. The van der Waals surface area contributed by atoms with Crippen LogP contribution in [0.4, 0.5) is 10.2 Å². The van der Waals surface area contributed by atoms with Crippen molar-refractivity contribution in [2.24, 2.45) is 0 Å². The summed E-state index contributed by atoms with van der Waals surface area (Å²) in [7, 11) is 1.75. The fraction of sp³-hybridized carbons (Fsp3) is 0.375. The van der Waals surface area contributed by atoms with E-state index in [2.05, 4.69) is 5.16 Å². The van der Waals surface area contributed by atoms with Crippen LogP contribution < -0.4 is 4.90 Å². The number of hydrogen-bond donors (Lipinski definition) is 0. The first-order chi connectivity index (χ1) is 15.9. The lowest BCUT2D eigenvalue weighted by Gasteiger charge is -2.32. The Morgan fingerprint density at radius 1 is 1.18 bits per heavy atom. The summed E-state index contributed by atoms with van der Waals surface area (Å²) >= 11 is 0. The summed E-state index contributed by atoms with van der Waals surface area (Å²) in [4.78, 5) is 38.1. The largest absolute Gasteiger partial charge is 0.350 e. The standard InChI is InChI=1S/C24H24FN5O3/c1-14-18-9-10-21(31)29(2)23(18)27-22(26-14)16-4-3-11-30(13-16)24(32)20-12-19(28-33-20)15-5-7-17(25)8-6-15/h5-8,12,16H,3-4,9-11,13H2,1-2H3. The van der Waals surface area contributed by atoms with Gasteiger partial charge in [-0.15, -0.1) is 0 Å². The highest BCUT2D eigenvalue weighted by Gasteiger charge is 2.32. The number of benzene rings is 1. The van der Waals surface area contributed by atoms with Crippen molar-refractivity contribution in [3.63, 3.8) is 0 Å². The van der Waals surface area contributed by atoms with Crippen molar-refractivity contribution >= 4 is 17.6 Å². The fourth-order valence-electron chi connectivity index (χ4n) is 4.53. The molecule has 4 heterocycles. The molecule has 1 aromatic carbocycles. The van der Waals surface area contributed by atoms with Gasteiger partial charge in [0, 0.05) is 55.4 Å². The van der Waals surface area contributed by atoms with E-state index in [1.54, 1.807) is 35.0 Å². The van der Waals surface area contributed by atoms with Gasteiger partial charge in [0.15, 0.2) is 0 Å². The fourth-order valence-corrected chi connectivity index (χ4v) is 4.53. The summed E-state index contributed by atoms with van der Waals surface area (Å²) in [5, 5.41) is 3.98. The SMILES string of the molecule is Cc1nc(C2CCCN(C(=O)c3cc(-c4ccc(F)cc4)no3)C2)nc2c1CCC(=O)N2C. The zero-order valence-electron chi connectivity index (χ0n) is 18.5. The van der Waals surface area contributed by atoms with Crippen molar-refractivity contribution < 1.29 is 18.5 Å². The van der Waals surface area contributed by atoms with Gasteiger partial charge >= 0.3 is 0 Å². The zero-order chi connectivity index (χ0) is 23.1. The molecular formula is C24H24FN5O3. The van der Waals surface area contributed by atoms with Crippen LogP contribution in [-0.2, 0) is 11.2 Å². The van der Waals surface area contributed by atoms with E-state index in [9.17, 15) is 14.0 Å². The molecule has 0 aliphatic carbocycles. The normalized spacial score (nSPS) is 18.4. The number of halogens is 1. The van der Waals surface area contributed by atoms with E-state index in [4.69, 9.17) is 14.5 Å². The maximum absolute atomic E-state index is 13.2. The highest BCUT2D eigenvalue weighted by Crippen LogP contribution is 2.32. The Morgan fingerprint density at radius 2 is 1.97 bits per heavy atom. The van der Waals surface area contributed by atoms with E-state index >= 15 is 0 Å². The molecule has 1 unspecified atom stereocenters. The van der Waals surface area contributed by atoms with Crippen molar-refractivity contribution in [3.8, 4) is 11.3 Å². The molecular weight excluding hydrogens is 425 g/mol. The summed E-state index contributed by atoms with van der Waals surface area (Å²) in [5.74, 6) is 0.913. The third kappa shape index (κ3) is 3.99. The van der Waals surface area contributed by atoms with Gasteiger partial charge in [0.05, 0.1) is 0 Å². The Balaban J connectivity index is 1.35. The van der Waals surface area contributed by atoms with Crippen LogP contribution in [0, 0.1) is 12.7 Å². The Hall–Kier alpha value is -3.62. The van der Waals surface area contributed by atoms with Gasteiger partial charge in [-0.25, -0.2) is 14.4 Å².